The van der Waals surface area contributed by atoms with Crippen molar-refractivity contribution in [3.63, 3.8) is 0 Å². The molecule has 0 N–H and O–H groups in total. The Morgan fingerprint density at radius 2 is 1.95 bits per heavy atom. The van der Waals surface area contributed by atoms with E-state index >= 15 is 0 Å². The molecule has 1 atom stereocenters. The van der Waals surface area contributed by atoms with Crippen molar-refractivity contribution in [1.82, 2.24) is 4.90 Å². The van der Waals surface area contributed by atoms with Crippen LogP contribution in [-0.2, 0) is 21.1 Å². The predicted octanol–water partition coefficient (Wildman–Crippen LogP) is 2.52. The molecule has 0 radical (unpaired) electrons. The van der Waals surface area contributed by atoms with E-state index in [0.29, 0.717) is 5.75 Å². The van der Waals surface area contributed by atoms with E-state index in [1.807, 2.05) is 30.3 Å². The van der Waals surface area contributed by atoms with E-state index < -0.39 is 15.8 Å². The molecule has 0 aliphatic carbocycles. The fraction of sp³-hybridized carbons (Fsp3) is 0.533. The van der Waals surface area contributed by atoms with Crippen molar-refractivity contribution in [2.45, 2.75) is 19.4 Å². The van der Waals surface area contributed by atoms with Crippen LogP contribution in [0.2, 0.25) is 0 Å². The number of ether oxygens (including phenoxy) is 1. The average molecular weight is 310 g/mol. The van der Waals surface area contributed by atoms with Gasteiger partial charge in [0.15, 0.2) is 0 Å². The van der Waals surface area contributed by atoms with Crippen molar-refractivity contribution in [2.75, 3.05) is 31.6 Å². The Morgan fingerprint density at radius 1 is 1.29 bits per heavy atom. The van der Waals surface area contributed by atoms with Gasteiger partial charge in [-0.15, -0.1) is 4.36 Å². The van der Waals surface area contributed by atoms with E-state index in [4.69, 9.17) is 4.74 Å². The van der Waals surface area contributed by atoms with Crippen LogP contribution in [-0.4, -0.2) is 46.8 Å². The third-order valence-corrected chi connectivity index (χ3v) is 4.93. The molecule has 0 spiro atoms. The molecule has 21 heavy (non-hydrogen) atoms. The molecule has 1 saturated heterocycles. The van der Waals surface area contributed by atoms with Gasteiger partial charge in [0.1, 0.15) is 6.61 Å². The molecule has 1 aliphatic rings. The molecule has 1 aromatic rings. The Kier molecular flexibility index (Phi) is 5.76. The molecule has 0 aromatic heterocycles. The SMILES string of the molecule is CS(=O)(CCN1CCCC1)=NC(=O)OCc1ccccc1. The second-order valence-electron chi connectivity index (χ2n) is 5.34. The van der Waals surface area contributed by atoms with Crippen molar-refractivity contribution in [3.8, 4) is 0 Å². The van der Waals surface area contributed by atoms with E-state index in [1.54, 1.807) is 0 Å². The number of hydrogen-bond acceptors (Lipinski definition) is 4. The standard InChI is InChI=1S/C15H22N2O3S/c1-21(19,12-11-17-9-5-6-10-17)16-15(18)20-13-14-7-3-2-4-8-14/h2-4,7-8H,5-6,9-13H2,1H3. The lowest BCUT2D eigenvalue weighted by molar-refractivity contribution is 0.151. The molecule has 1 aromatic carbocycles. The fourth-order valence-electron chi connectivity index (χ4n) is 2.25. The van der Waals surface area contributed by atoms with E-state index in [-0.39, 0.29) is 6.61 Å². The molecule has 1 amide bonds. The van der Waals surface area contributed by atoms with Crippen molar-refractivity contribution in [1.29, 1.82) is 0 Å². The van der Waals surface area contributed by atoms with Gasteiger partial charge in [0.25, 0.3) is 0 Å². The van der Waals surface area contributed by atoms with E-state index in [2.05, 4.69) is 9.26 Å². The molecule has 5 nitrogen and oxygen atoms in total. The number of benzene rings is 1. The second kappa shape index (κ2) is 7.56. The minimum Gasteiger partial charge on any atom is -0.443 e. The van der Waals surface area contributed by atoms with Gasteiger partial charge in [-0.1, -0.05) is 30.3 Å². The molecular formula is C15H22N2O3S. The predicted molar refractivity (Wildman–Crippen MR) is 83.7 cm³/mol. The minimum absolute atomic E-state index is 0.158. The maximum atomic E-state index is 12.3. The van der Waals surface area contributed by atoms with Gasteiger partial charge in [-0.05, 0) is 31.5 Å². The molecule has 1 aliphatic heterocycles. The normalized spacial score (nSPS) is 18.1. The van der Waals surface area contributed by atoms with Gasteiger partial charge < -0.3 is 9.64 Å². The summed E-state index contributed by atoms with van der Waals surface area (Å²) in [6.45, 7) is 2.98. The highest BCUT2D eigenvalue weighted by Crippen LogP contribution is 2.08. The van der Waals surface area contributed by atoms with E-state index in [0.717, 1.165) is 25.2 Å². The smallest absolute Gasteiger partial charge is 0.442 e. The van der Waals surface area contributed by atoms with Gasteiger partial charge >= 0.3 is 6.09 Å². The Labute approximate surface area is 126 Å². The average Bonchev–Trinajstić information content (AvgIpc) is 2.97. The zero-order chi connectivity index (χ0) is 15.1. The molecule has 0 saturated carbocycles. The molecular weight excluding hydrogens is 288 g/mol. The van der Waals surface area contributed by atoms with Gasteiger partial charge in [0.05, 0.1) is 9.73 Å². The van der Waals surface area contributed by atoms with Crippen molar-refractivity contribution in [2.24, 2.45) is 4.36 Å². The van der Waals surface area contributed by atoms with Gasteiger partial charge in [0.2, 0.25) is 0 Å². The molecule has 1 fully saturated rings. The summed E-state index contributed by atoms with van der Waals surface area (Å²) >= 11 is 0. The van der Waals surface area contributed by atoms with Crippen LogP contribution in [0.25, 0.3) is 0 Å². The van der Waals surface area contributed by atoms with Crippen LogP contribution < -0.4 is 0 Å². The first-order chi connectivity index (χ1) is 10.1. The third kappa shape index (κ3) is 5.85. The molecule has 1 unspecified atom stereocenters. The van der Waals surface area contributed by atoms with Crippen LogP contribution in [0.1, 0.15) is 18.4 Å². The van der Waals surface area contributed by atoms with Crippen LogP contribution in [0.15, 0.2) is 34.7 Å². The second-order valence-corrected chi connectivity index (χ2v) is 7.85. The highest BCUT2D eigenvalue weighted by molar-refractivity contribution is 7.93. The molecule has 2 rings (SSSR count). The summed E-state index contributed by atoms with van der Waals surface area (Å²) in [6, 6.07) is 9.37. The Hall–Kier alpha value is -1.40. The lowest BCUT2D eigenvalue weighted by Crippen LogP contribution is -2.26. The van der Waals surface area contributed by atoms with Crippen molar-refractivity contribution < 1.29 is 13.7 Å². The van der Waals surface area contributed by atoms with E-state index in [1.165, 1.54) is 19.1 Å². The first-order valence-corrected chi connectivity index (χ1v) is 9.27. The number of hydrogen-bond donors (Lipinski definition) is 0. The summed E-state index contributed by atoms with van der Waals surface area (Å²) in [6.07, 6.45) is 3.17. The summed E-state index contributed by atoms with van der Waals surface area (Å²) < 4.78 is 21.0. The number of nitrogens with zero attached hydrogens (tertiary/aromatic N) is 2. The van der Waals surface area contributed by atoms with E-state index in [9.17, 15) is 9.00 Å². The van der Waals surface area contributed by atoms with Crippen molar-refractivity contribution in [3.05, 3.63) is 35.9 Å². The van der Waals surface area contributed by atoms with Gasteiger partial charge in [-0.25, -0.2) is 9.00 Å². The summed E-state index contributed by atoms with van der Waals surface area (Å²) in [4.78, 5) is 13.9. The van der Waals surface area contributed by atoms with Gasteiger partial charge in [0, 0.05) is 18.6 Å². The Balaban J connectivity index is 1.81. The summed E-state index contributed by atoms with van der Waals surface area (Å²) in [7, 11) is -2.51. The monoisotopic (exact) mass is 310 g/mol. The zero-order valence-corrected chi connectivity index (χ0v) is 13.2. The van der Waals surface area contributed by atoms with Gasteiger partial charge in [-0.3, -0.25) is 0 Å². The number of likely N-dealkylation sites (tertiary alicyclic amines) is 1. The maximum absolute atomic E-state index is 12.3. The van der Waals surface area contributed by atoms with Crippen LogP contribution in [0.3, 0.4) is 0 Å². The largest absolute Gasteiger partial charge is 0.443 e. The highest BCUT2D eigenvalue weighted by atomic mass is 32.2. The maximum Gasteiger partial charge on any atom is 0.442 e. The Bertz CT molecular complexity index is 574. The summed E-state index contributed by atoms with van der Waals surface area (Å²) in [5.74, 6) is 0.410. The lowest BCUT2D eigenvalue weighted by atomic mass is 10.2. The number of carbonyl (C=O) groups is 1. The Morgan fingerprint density at radius 3 is 2.62 bits per heavy atom. The summed E-state index contributed by atoms with van der Waals surface area (Å²) in [5.41, 5.74) is 0.890. The molecule has 116 valence electrons. The highest BCUT2D eigenvalue weighted by Gasteiger charge is 2.14. The first kappa shape index (κ1) is 16.0. The van der Waals surface area contributed by atoms with Crippen LogP contribution in [0.5, 0.6) is 0 Å². The molecule has 1 heterocycles. The van der Waals surface area contributed by atoms with Crippen LogP contribution >= 0.6 is 0 Å². The zero-order valence-electron chi connectivity index (χ0n) is 12.4. The van der Waals surface area contributed by atoms with Crippen LogP contribution in [0.4, 0.5) is 4.79 Å². The third-order valence-electron chi connectivity index (χ3n) is 3.46. The summed E-state index contributed by atoms with van der Waals surface area (Å²) in [5, 5.41) is 0. The lowest BCUT2D eigenvalue weighted by Gasteiger charge is -2.14. The number of carbonyl (C=O) groups excluding carboxylic acids is 1. The number of amides is 1. The fourth-order valence-corrected chi connectivity index (χ4v) is 3.31. The molecule has 0 bridgehead atoms. The van der Waals surface area contributed by atoms with Crippen LogP contribution in [0, 0.1) is 0 Å². The number of rotatable bonds is 5. The van der Waals surface area contributed by atoms with Crippen molar-refractivity contribution >= 4 is 15.8 Å². The van der Waals surface area contributed by atoms with Gasteiger partial charge in [-0.2, -0.15) is 0 Å². The topological polar surface area (TPSA) is 59.0 Å². The first-order valence-electron chi connectivity index (χ1n) is 7.18. The molecule has 6 heteroatoms. The quantitative estimate of drug-likeness (QED) is 0.838. The minimum atomic E-state index is -2.51.